The van der Waals surface area contributed by atoms with Crippen molar-refractivity contribution in [2.24, 2.45) is 0 Å². The molecule has 1 aliphatic carbocycles. The maximum Gasteiger partial charge on any atom is 0.257 e. The molecule has 2 fully saturated rings. The van der Waals surface area contributed by atoms with E-state index in [4.69, 9.17) is 0 Å². The van der Waals surface area contributed by atoms with Crippen molar-refractivity contribution in [3.63, 3.8) is 0 Å². The van der Waals surface area contributed by atoms with Crippen molar-refractivity contribution in [1.29, 1.82) is 0 Å². The lowest BCUT2D eigenvalue weighted by molar-refractivity contribution is 0.0764. The lowest BCUT2D eigenvalue weighted by Crippen LogP contribution is -2.36. The van der Waals surface area contributed by atoms with E-state index in [1.807, 2.05) is 18.7 Å². The molecule has 3 heterocycles. The predicted molar refractivity (Wildman–Crippen MR) is 98.2 cm³/mol. The van der Waals surface area contributed by atoms with Crippen molar-refractivity contribution in [2.75, 3.05) is 31.1 Å². The van der Waals surface area contributed by atoms with Gasteiger partial charge >= 0.3 is 0 Å². The minimum atomic E-state index is 0.0313. The first-order chi connectivity index (χ1) is 12.6. The summed E-state index contributed by atoms with van der Waals surface area (Å²) in [6.07, 6.45) is 6.57. The number of nitrogens with zero attached hydrogens (tertiary/aromatic N) is 6. The molecular weight excluding hydrogens is 328 g/mol. The van der Waals surface area contributed by atoms with Crippen molar-refractivity contribution in [2.45, 2.75) is 39.0 Å². The van der Waals surface area contributed by atoms with Gasteiger partial charge in [-0.25, -0.2) is 19.9 Å². The molecule has 0 atom stereocenters. The number of aryl methyl sites for hydroxylation is 2. The van der Waals surface area contributed by atoms with E-state index in [1.165, 1.54) is 19.2 Å². The van der Waals surface area contributed by atoms with Crippen LogP contribution in [0.25, 0.3) is 0 Å². The van der Waals surface area contributed by atoms with Gasteiger partial charge in [-0.2, -0.15) is 0 Å². The van der Waals surface area contributed by atoms with Crippen LogP contribution in [0.15, 0.2) is 18.7 Å². The van der Waals surface area contributed by atoms with Gasteiger partial charge in [0.25, 0.3) is 5.91 Å². The fraction of sp³-hybridized carbons (Fsp3) is 0.526. The minimum Gasteiger partial charge on any atom is -0.355 e. The Morgan fingerprint density at radius 2 is 1.69 bits per heavy atom. The molecule has 136 valence electrons. The summed E-state index contributed by atoms with van der Waals surface area (Å²) in [7, 11) is 0. The molecule has 2 aromatic heterocycles. The van der Waals surface area contributed by atoms with Gasteiger partial charge in [-0.15, -0.1) is 0 Å². The van der Waals surface area contributed by atoms with E-state index >= 15 is 0 Å². The Morgan fingerprint density at radius 3 is 2.42 bits per heavy atom. The highest BCUT2D eigenvalue weighted by atomic mass is 16.2. The largest absolute Gasteiger partial charge is 0.355 e. The Bertz CT molecular complexity index is 799. The minimum absolute atomic E-state index is 0.0313. The monoisotopic (exact) mass is 352 g/mol. The zero-order valence-electron chi connectivity index (χ0n) is 15.4. The summed E-state index contributed by atoms with van der Waals surface area (Å²) < 4.78 is 0. The molecule has 7 nitrogen and oxygen atoms in total. The van der Waals surface area contributed by atoms with Crippen LogP contribution in [0.1, 0.15) is 52.6 Å². The molecule has 2 aromatic rings. The molecule has 1 amide bonds. The van der Waals surface area contributed by atoms with Gasteiger partial charge in [-0.3, -0.25) is 4.79 Å². The third kappa shape index (κ3) is 3.38. The van der Waals surface area contributed by atoms with E-state index in [0.29, 0.717) is 18.0 Å². The van der Waals surface area contributed by atoms with Gasteiger partial charge in [-0.1, -0.05) is 0 Å². The highest BCUT2D eigenvalue weighted by Gasteiger charge is 2.27. The number of aromatic nitrogens is 4. The van der Waals surface area contributed by atoms with Crippen molar-refractivity contribution in [3.8, 4) is 0 Å². The lowest BCUT2D eigenvalue weighted by Gasteiger charge is -2.23. The van der Waals surface area contributed by atoms with E-state index in [9.17, 15) is 4.79 Å². The van der Waals surface area contributed by atoms with Crippen molar-refractivity contribution < 1.29 is 4.79 Å². The van der Waals surface area contributed by atoms with E-state index < -0.39 is 0 Å². The first kappa shape index (κ1) is 16.9. The van der Waals surface area contributed by atoms with Gasteiger partial charge in [0.05, 0.1) is 17.0 Å². The Labute approximate surface area is 153 Å². The first-order valence-electron chi connectivity index (χ1n) is 9.28. The quantitative estimate of drug-likeness (QED) is 0.842. The van der Waals surface area contributed by atoms with Gasteiger partial charge in [0, 0.05) is 43.9 Å². The number of anilines is 1. The average Bonchev–Trinajstić information content (AvgIpc) is 3.48. The van der Waals surface area contributed by atoms with Crippen LogP contribution in [0.5, 0.6) is 0 Å². The van der Waals surface area contributed by atoms with Crippen LogP contribution < -0.4 is 4.90 Å². The smallest absolute Gasteiger partial charge is 0.257 e. The zero-order chi connectivity index (χ0) is 18.1. The van der Waals surface area contributed by atoms with E-state index in [0.717, 1.165) is 49.0 Å². The van der Waals surface area contributed by atoms with Crippen LogP contribution in [0.2, 0.25) is 0 Å². The summed E-state index contributed by atoms with van der Waals surface area (Å²) in [4.78, 5) is 34.4. The number of rotatable bonds is 3. The second-order valence-corrected chi connectivity index (χ2v) is 7.13. The Balaban J connectivity index is 1.48. The summed E-state index contributed by atoms with van der Waals surface area (Å²) in [6.45, 7) is 6.82. The van der Waals surface area contributed by atoms with Crippen LogP contribution in [-0.4, -0.2) is 56.9 Å². The van der Waals surface area contributed by atoms with Crippen LogP contribution >= 0.6 is 0 Å². The molecular formula is C19H24N6O. The van der Waals surface area contributed by atoms with Gasteiger partial charge in [0.2, 0.25) is 0 Å². The molecule has 1 aliphatic heterocycles. The maximum atomic E-state index is 13.0. The molecule has 0 unspecified atom stereocenters. The highest BCUT2D eigenvalue weighted by molar-refractivity contribution is 5.96. The summed E-state index contributed by atoms with van der Waals surface area (Å²) in [5, 5.41) is 0. The molecule has 0 aromatic carbocycles. The average molecular weight is 352 g/mol. The summed E-state index contributed by atoms with van der Waals surface area (Å²) in [5.41, 5.74) is 3.28. The van der Waals surface area contributed by atoms with Crippen molar-refractivity contribution in [1.82, 2.24) is 24.8 Å². The molecule has 1 saturated heterocycles. The van der Waals surface area contributed by atoms with Crippen molar-refractivity contribution >= 4 is 11.7 Å². The fourth-order valence-corrected chi connectivity index (χ4v) is 3.55. The van der Waals surface area contributed by atoms with Gasteiger partial charge in [0.15, 0.2) is 0 Å². The normalized spacial score (nSPS) is 17.9. The van der Waals surface area contributed by atoms with Crippen molar-refractivity contribution in [3.05, 3.63) is 41.4 Å². The van der Waals surface area contributed by atoms with Gasteiger partial charge in [-0.05, 0) is 33.1 Å². The molecule has 7 heteroatoms. The third-order valence-electron chi connectivity index (χ3n) is 5.22. The molecule has 0 spiro atoms. The first-order valence-corrected chi connectivity index (χ1v) is 9.28. The summed E-state index contributed by atoms with van der Waals surface area (Å²) in [6, 6.07) is 2.12. The molecule has 1 saturated carbocycles. The maximum absolute atomic E-state index is 13.0. The van der Waals surface area contributed by atoms with Gasteiger partial charge < -0.3 is 9.80 Å². The van der Waals surface area contributed by atoms with Crippen LogP contribution in [0.4, 0.5) is 5.82 Å². The highest BCUT2D eigenvalue weighted by Crippen LogP contribution is 2.39. The number of amides is 1. The molecule has 4 rings (SSSR count). The lowest BCUT2D eigenvalue weighted by atomic mass is 10.1. The van der Waals surface area contributed by atoms with E-state index in [2.05, 4.69) is 30.9 Å². The van der Waals surface area contributed by atoms with Crippen LogP contribution in [-0.2, 0) is 0 Å². The zero-order valence-corrected chi connectivity index (χ0v) is 15.4. The second-order valence-electron chi connectivity index (χ2n) is 7.13. The number of hydrogen-bond donors (Lipinski definition) is 0. The van der Waals surface area contributed by atoms with Gasteiger partial charge in [0.1, 0.15) is 18.5 Å². The standard InChI is InChI=1S/C19H24N6O/c1-13-18(14(2)21-11-20-13)19(26)25-7-3-6-24(8-9-25)17-10-16(15-4-5-15)22-12-23-17/h10-12,15H,3-9H2,1-2H3. The van der Waals surface area contributed by atoms with E-state index in [1.54, 1.807) is 6.33 Å². The predicted octanol–water partition coefficient (Wildman–Crippen LogP) is 2.11. The molecule has 26 heavy (non-hydrogen) atoms. The summed E-state index contributed by atoms with van der Waals surface area (Å²) in [5.74, 6) is 1.63. The molecule has 0 bridgehead atoms. The van der Waals surface area contributed by atoms with Crippen LogP contribution in [0, 0.1) is 13.8 Å². The van der Waals surface area contributed by atoms with Crippen LogP contribution in [0.3, 0.4) is 0 Å². The Hall–Kier alpha value is -2.57. The topological polar surface area (TPSA) is 75.1 Å². The van der Waals surface area contributed by atoms with E-state index in [-0.39, 0.29) is 5.91 Å². The Morgan fingerprint density at radius 1 is 0.962 bits per heavy atom. The fourth-order valence-electron chi connectivity index (χ4n) is 3.55. The molecule has 0 N–H and O–H groups in total. The number of hydrogen-bond acceptors (Lipinski definition) is 6. The summed E-state index contributed by atoms with van der Waals surface area (Å²) >= 11 is 0. The number of carbonyl (C=O) groups excluding carboxylic acids is 1. The SMILES string of the molecule is Cc1ncnc(C)c1C(=O)N1CCCN(c2cc(C3CC3)ncn2)CC1. The third-order valence-corrected chi connectivity index (χ3v) is 5.22. The Kier molecular flexibility index (Phi) is 4.53. The second kappa shape index (κ2) is 6.97. The number of carbonyl (C=O) groups is 1. The molecule has 2 aliphatic rings. The molecule has 0 radical (unpaired) electrons.